The standard InChI is InChI=1S/C20H26N4OS.HI/c1-13-3-5-14(6-4-13)19-23-15(12-26-19)9-10-22-20(21-2)24-17-11-16-7-8-18(17)25-16;/h3-6,12,16-18H,7-11H2,1-2H3,(H2,21,22,24);1H. The zero-order valence-corrected chi connectivity index (χ0v) is 18.9. The highest BCUT2D eigenvalue weighted by Crippen LogP contribution is 2.34. The zero-order chi connectivity index (χ0) is 17.9. The second kappa shape index (κ2) is 9.34. The average molecular weight is 498 g/mol. The lowest BCUT2D eigenvalue weighted by Gasteiger charge is -2.22. The molecule has 3 unspecified atom stereocenters. The third-order valence-corrected chi connectivity index (χ3v) is 6.12. The summed E-state index contributed by atoms with van der Waals surface area (Å²) in [7, 11) is 1.82. The lowest BCUT2D eigenvalue weighted by molar-refractivity contribution is 0.0992. The second-order valence-corrected chi connectivity index (χ2v) is 7.98. The van der Waals surface area contributed by atoms with Crippen molar-refractivity contribution in [1.82, 2.24) is 15.6 Å². The highest BCUT2D eigenvalue weighted by Gasteiger charge is 2.41. The third-order valence-electron chi connectivity index (χ3n) is 5.18. The molecule has 146 valence electrons. The average Bonchev–Trinajstić information content (AvgIpc) is 3.38. The molecule has 0 radical (unpaired) electrons. The Labute approximate surface area is 182 Å². The summed E-state index contributed by atoms with van der Waals surface area (Å²) in [5.41, 5.74) is 3.58. The number of hydrogen-bond donors (Lipinski definition) is 2. The Morgan fingerprint density at radius 1 is 1.30 bits per heavy atom. The van der Waals surface area contributed by atoms with Crippen LogP contribution in [0.1, 0.15) is 30.5 Å². The highest BCUT2D eigenvalue weighted by molar-refractivity contribution is 14.0. The summed E-state index contributed by atoms with van der Waals surface area (Å²) in [5, 5.41) is 10.2. The number of aromatic nitrogens is 1. The third kappa shape index (κ3) is 5.00. The van der Waals surface area contributed by atoms with Crippen LogP contribution in [0.3, 0.4) is 0 Å². The first-order valence-electron chi connectivity index (χ1n) is 9.35. The summed E-state index contributed by atoms with van der Waals surface area (Å²) < 4.78 is 5.90. The number of aliphatic imine (C=N–C) groups is 1. The van der Waals surface area contributed by atoms with Crippen LogP contribution in [0.15, 0.2) is 34.6 Å². The Bertz CT molecular complexity index is 777. The van der Waals surface area contributed by atoms with Gasteiger partial charge in [-0.25, -0.2) is 4.98 Å². The van der Waals surface area contributed by atoms with Crippen LogP contribution in [0.2, 0.25) is 0 Å². The van der Waals surface area contributed by atoms with Crippen LogP contribution >= 0.6 is 35.3 Å². The molecule has 2 saturated heterocycles. The smallest absolute Gasteiger partial charge is 0.191 e. The van der Waals surface area contributed by atoms with Crippen LogP contribution < -0.4 is 10.6 Å². The van der Waals surface area contributed by atoms with E-state index in [0.717, 1.165) is 36.0 Å². The fourth-order valence-electron chi connectivity index (χ4n) is 3.72. The van der Waals surface area contributed by atoms with E-state index in [9.17, 15) is 0 Å². The predicted molar refractivity (Wildman–Crippen MR) is 122 cm³/mol. The van der Waals surface area contributed by atoms with E-state index in [1.165, 1.54) is 24.0 Å². The van der Waals surface area contributed by atoms with E-state index in [1.807, 2.05) is 7.05 Å². The summed E-state index contributed by atoms with van der Waals surface area (Å²) in [6.45, 7) is 2.92. The molecule has 7 heteroatoms. The van der Waals surface area contributed by atoms with Crippen molar-refractivity contribution in [3.8, 4) is 10.6 Å². The molecule has 27 heavy (non-hydrogen) atoms. The van der Waals surface area contributed by atoms with Gasteiger partial charge < -0.3 is 15.4 Å². The van der Waals surface area contributed by atoms with Crippen LogP contribution in [0, 0.1) is 6.92 Å². The molecule has 0 amide bonds. The minimum absolute atomic E-state index is 0. The van der Waals surface area contributed by atoms with Crippen molar-refractivity contribution in [3.05, 3.63) is 40.9 Å². The maximum Gasteiger partial charge on any atom is 0.191 e. The summed E-state index contributed by atoms with van der Waals surface area (Å²) in [4.78, 5) is 9.11. The van der Waals surface area contributed by atoms with Gasteiger partial charge in [-0.15, -0.1) is 35.3 Å². The molecular weight excluding hydrogens is 471 g/mol. The SMILES string of the molecule is CN=C(NCCc1csc(-c2ccc(C)cc2)n1)NC1CC2CCC1O2.I. The van der Waals surface area contributed by atoms with Crippen molar-refractivity contribution in [1.29, 1.82) is 0 Å². The van der Waals surface area contributed by atoms with Gasteiger partial charge >= 0.3 is 0 Å². The van der Waals surface area contributed by atoms with E-state index in [-0.39, 0.29) is 24.0 Å². The Kier molecular flexibility index (Phi) is 7.10. The van der Waals surface area contributed by atoms with Crippen LogP contribution in [0.4, 0.5) is 0 Å². The van der Waals surface area contributed by atoms with Crippen LogP contribution in [0.25, 0.3) is 10.6 Å². The number of thiazole rings is 1. The van der Waals surface area contributed by atoms with E-state index >= 15 is 0 Å². The van der Waals surface area contributed by atoms with E-state index in [4.69, 9.17) is 9.72 Å². The van der Waals surface area contributed by atoms with Crippen LogP contribution in [-0.2, 0) is 11.2 Å². The topological polar surface area (TPSA) is 58.5 Å². The zero-order valence-electron chi connectivity index (χ0n) is 15.8. The van der Waals surface area contributed by atoms with Crippen LogP contribution in [-0.4, -0.2) is 42.8 Å². The number of nitrogens with zero attached hydrogens (tertiary/aromatic N) is 2. The molecular formula is C20H27IN4OS. The number of guanidine groups is 1. The van der Waals surface area contributed by atoms with Gasteiger partial charge in [0.2, 0.25) is 0 Å². The molecule has 2 fully saturated rings. The lowest BCUT2D eigenvalue weighted by Crippen LogP contribution is -2.47. The Hall–Kier alpha value is -1.19. The lowest BCUT2D eigenvalue weighted by atomic mass is 9.96. The Balaban J connectivity index is 0.00000210. The normalized spacial score (nSPS) is 23.9. The highest BCUT2D eigenvalue weighted by atomic mass is 127. The van der Waals surface area contributed by atoms with E-state index < -0.39 is 0 Å². The van der Waals surface area contributed by atoms with Gasteiger partial charge in [0.25, 0.3) is 0 Å². The molecule has 0 spiro atoms. The number of rotatable bonds is 5. The van der Waals surface area contributed by atoms with E-state index in [0.29, 0.717) is 18.2 Å². The predicted octanol–water partition coefficient (Wildman–Crippen LogP) is 3.76. The van der Waals surface area contributed by atoms with Gasteiger partial charge in [-0.2, -0.15) is 0 Å². The first kappa shape index (κ1) is 20.5. The number of aryl methyl sites for hydroxylation is 1. The quantitative estimate of drug-likeness (QED) is 0.375. The summed E-state index contributed by atoms with van der Waals surface area (Å²) in [6.07, 6.45) is 5.16. The maximum absolute atomic E-state index is 5.90. The van der Waals surface area contributed by atoms with Crippen molar-refractivity contribution in [2.75, 3.05) is 13.6 Å². The Morgan fingerprint density at radius 3 is 2.78 bits per heavy atom. The molecule has 1 aromatic carbocycles. The van der Waals surface area contributed by atoms with Gasteiger partial charge in [-0.3, -0.25) is 4.99 Å². The maximum atomic E-state index is 5.90. The fraction of sp³-hybridized carbons (Fsp3) is 0.500. The van der Waals surface area contributed by atoms with Gasteiger partial charge in [0.15, 0.2) is 5.96 Å². The van der Waals surface area contributed by atoms with Crippen molar-refractivity contribution >= 4 is 41.3 Å². The molecule has 3 atom stereocenters. The molecule has 2 bridgehead atoms. The molecule has 2 aliphatic heterocycles. The van der Waals surface area contributed by atoms with Crippen molar-refractivity contribution in [3.63, 3.8) is 0 Å². The van der Waals surface area contributed by atoms with Gasteiger partial charge in [0.1, 0.15) is 5.01 Å². The number of hydrogen-bond acceptors (Lipinski definition) is 4. The van der Waals surface area contributed by atoms with Gasteiger partial charge in [-0.05, 0) is 26.2 Å². The number of benzene rings is 1. The Morgan fingerprint density at radius 2 is 2.11 bits per heavy atom. The first-order chi connectivity index (χ1) is 12.7. The number of nitrogens with one attached hydrogen (secondary N) is 2. The summed E-state index contributed by atoms with van der Waals surface area (Å²) in [5.74, 6) is 0.861. The molecule has 1 aromatic heterocycles. The van der Waals surface area contributed by atoms with Gasteiger partial charge in [0, 0.05) is 31.0 Å². The van der Waals surface area contributed by atoms with Crippen molar-refractivity contribution in [2.45, 2.75) is 50.9 Å². The molecule has 5 nitrogen and oxygen atoms in total. The minimum atomic E-state index is 0. The van der Waals surface area contributed by atoms with Crippen molar-refractivity contribution in [2.24, 2.45) is 4.99 Å². The van der Waals surface area contributed by atoms with Crippen molar-refractivity contribution < 1.29 is 4.74 Å². The molecule has 3 heterocycles. The molecule has 0 saturated carbocycles. The number of fused-ring (bicyclic) bond motifs is 2. The van der Waals surface area contributed by atoms with Gasteiger partial charge in [0.05, 0.1) is 23.9 Å². The first-order valence-corrected chi connectivity index (χ1v) is 10.2. The van der Waals surface area contributed by atoms with Crippen LogP contribution in [0.5, 0.6) is 0 Å². The summed E-state index contributed by atoms with van der Waals surface area (Å²) in [6, 6.07) is 8.94. The second-order valence-electron chi connectivity index (χ2n) is 7.12. The summed E-state index contributed by atoms with van der Waals surface area (Å²) >= 11 is 1.71. The van der Waals surface area contributed by atoms with Gasteiger partial charge in [-0.1, -0.05) is 29.8 Å². The molecule has 0 aliphatic carbocycles. The molecule has 4 rings (SSSR count). The van der Waals surface area contributed by atoms with E-state index in [1.54, 1.807) is 11.3 Å². The molecule has 2 N–H and O–H groups in total. The minimum Gasteiger partial charge on any atom is -0.373 e. The largest absolute Gasteiger partial charge is 0.373 e. The number of ether oxygens (including phenoxy) is 1. The fourth-order valence-corrected chi connectivity index (χ4v) is 4.58. The molecule has 2 aliphatic rings. The van der Waals surface area contributed by atoms with E-state index in [2.05, 4.69) is 52.2 Å². The monoisotopic (exact) mass is 498 g/mol. The molecule has 2 aromatic rings. The number of halogens is 1.